The maximum atomic E-state index is 14.4. The molecule has 0 saturated carbocycles. The van der Waals surface area contributed by atoms with Gasteiger partial charge >= 0.3 is 0 Å². The van der Waals surface area contributed by atoms with Gasteiger partial charge in [-0.2, -0.15) is 0 Å². The van der Waals surface area contributed by atoms with Crippen molar-refractivity contribution in [3.8, 4) is 11.3 Å². The first-order valence-corrected chi connectivity index (χ1v) is 9.28. The SMILES string of the molecule is [C-]#[N+]c1c(N)nc(N)nc1NC(C)c1c(-c2ccccc2)oc2c(F)cccc2c1=O. The Labute approximate surface area is 176 Å². The molecule has 8 nitrogen and oxygen atoms in total. The lowest BCUT2D eigenvalue weighted by Crippen LogP contribution is -2.20. The van der Waals surface area contributed by atoms with Gasteiger partial charge in [0.25, 0.3) is 5.69 Å². The van der Waals surface area contributed by atoms with Crippen molar-refractivity contribution in [3.63, 3.8) is 0 Å². The number of nitrogens with zero attached hydrogens (tertiary/aromatic N) is 3. The van der Waals surface area contributed by atoms with Crippen LogP contribution in [-0.4, -0.2) is 9.97 Å². The summed E-state index contributed by atoms with van der Waals surface area (Å²) in [4.78, 5) is 24.6. The van der Waals surface area contributed by atoms with Gasteiger partial charge in [0.15, 0.2) is 16.8 Å². The number of halogens is 1. The van der Waals surface area contributed by atoms with E-state index in [1.54, 1.807) is 31.2 Å². The van der Waals surface area contributed by atoms with E-state index in [0.717, 1.165) is 0 Å². The molecule has 1 atom stereocenters. The standard InChI is InChI=1S/C22H17FN6O2/c1-11(27-21-16(26-2)20(24)28-22(25)29-21)15-17(30)13-9-6-10-14(23)19(13)31-18(15)12-7-4-3-5-8-12/h3-11H,1H3,(H5,24,25,27,28,29). The highest BCUT2D eigenvalue weighted by Crippen LogP contribution is 2.35. The number of aromatic nitrogens is 2. The number of anilines is 3. The van der Waals surface area contributed by atoms with E-state index in [9.17, 15) is 9.18 Å². The number of nitrogen functional groups attached to an aromatic ring is 2. The van der Waals surface area contributed by atoms with E-state index in [0.29, 0.717) is 5.56 Å². The summed E-state index contributed by atoms with van der Waals surface area (Å²) in [5, 5.41) is 3.12. The third-order valence-electron chi connectivity index (χ3n) is 4.77. The van der Waals surface area contributed by atoms with Gasteiger partial charge in [0.05, 0.1) is 23.6 Å². The lowest BCUT2D eigenvalue weighted by molar-refractivity contribution is 0.553. The van der Waals surface area contributed by atoms with Gasteiger partial charge in [-0.1, -0.05) is 36.4 Å². The molecule has 0 spiro atoms. The van der Waals surface area contributed by atoms with E-state index < -0.39 is 17.3 Å². The molecule has 0 aliphatic heterocycles. The van der Waals surface area contributed by atoms with Crippen molar-refractivity contribution in [2.24, 2.45) is 0 Å². The van der Waals surface area contributed by atoms with Crippen LogP contribution in [0.3, 0.4) is 0 Å². The van der Waals surface area contributed by atoms with Crippen LogP contribution in [-0.2, 0) is 0 Å². The summed E-state index contributed by atoms with van der Waals surface area (Å²) in [6.07, 6.45) is 0. The summed E-state index contributed by atoms with van der Waals surface area (Å²) >= 11 is 0. The number of hydrogen-bond acceptors (Lipinski definition) is 7. The monoisotopic (exact) mass is 416 g/mol. The molecule has 0 radical (unpaired) electrons. The minimum Gasteiger partial charge on any atom is -0.452 e. The summed E-state index contributed by atoms with van der Waals surface area (Å²) in [5.41, 5.74) is 11.8. The van der Waals surface area contributed by atoms with Crippen LogP contribution in [0.15, 0.2) is 57.7 Å². The Kier molecular flexibility index (Phi) is 4.97. The Morgan fingerprint density at radius 1 is 1.13 bits per heavy atom. The van der Waals surface area contributed by atoms with Crippen molar-refractivity contribution in [2.45, 2.75) is 13.0 Å². The molecule has 1 unspecified atom stereocenters. The van der Waals surface area contributed by atoms with Gasteiger partial charge in [0.1, 0.15) is 17.4 Å². The molecule has 0 aliphatic carbocycles. The molecule has 0 fully saturated rings. The van der Waals surface area contributed by atoms with E-state index in [1.807, 2.05) is 6.07 Å². The zero-order valence-corrected chi connectivity index (χ0v) is 16.4. The number of benzene rings is 2. The molecule has 9 heteroatoms. The number of hydrogen-bond donors (Lipinski definition) is 3. The minimum absolute atomic E-state index is 0.0152. The van der Waals surface area contributed by atoms with Crippen LogP contribution in [0.1, 0.15) is 18.5 Å². The molecule has 2 heterocycles. The summed E-state index contributed by atoms with van der Waals surface area (Å²) in [5.74, 6) is -0.526. The Balaban J connectivity index is 1.94. The number of para-hydroxylation sites is 1. The van der Waals surface area contributed by atoms with Crippen LogP contribution in [0.4, 0.5) is 27.7 Å². The van der Waals surface area contributed by atoms with Gasteiger partial charge in [-0.3, -0.25) is 4.79 Å². The highest BCUT2D eigenvalue weighted by atomic mass is 19.1. The van der Waals surface area contributed by atoms with Gasteiger partial charge in [-0.25, -0.2) is 19.2 Å². The molecule has 4 aromatic rings. The maximum Gasteiger partial charge on any atom is 0.268 e. The van der Waals surface area contributed by atoms with Crippen molar-refractivity contribution in [2.75, 3.05) is 16.8 Å². The number of fused-ring (bicyclic) bond motifs is 1. The lowest BCUT2D eigenvalue weighted by atomic mass is 9.99. The fourth-order valence-corrected chi connectivity index (χ4v) is 3.37. The summed E-state index contributed by atoms with van der Waals surface area (Å²) < 4.78 is 20.3. The van der Waals surface area contributed by atoms with Crippen LogP contribution >= 0.6 is 0 Å². The molecular formula is C22H17FN6O2. The summed E-state index contributed by atoms with van der Waals surface area (Å²) in [6, 6.07) is 12.4. The summed E-state index contributed by atoms with van der Waals surface area (Å²) in [6.45, 7) is 9.06. The topological polar surface area (TPSA) is 124 Å². The van der Waals surface area contributed by atoms with Crippen molar-refractivity contribution < 1.29 is 8.81 Å². The van der Waals surface area contributed by atoms with E-state index in [4.69, 9.17) is 22.5 Å². The van der Waals surface area contributed by atoms with E-state index in [2.05, 4.69) is 20.1 Å². The number of nitrogens with one attached hydrogen (secondary N) is 1. The van der Waals surface area contributed by atoms with Gasteiger partial charge in [0, 0.05) is 5.56 Å². The molecule has 0 amide bonds. The van der Waals surface area contributed by atoms with Gasteiger partial charge < -0.3 is 21.2 Å². The second-order valence-corrected chi connectivity index (χ2v) is 6.80. The predicted octanol–water partition coefficient (Wildman–Crippen LogP) is 4.28. The second-order valence-electron chi connectivity index (χ2n) is 6.80. The average molecular weight is 416 g/mol. The lowest BCUT2D eigenvalue weighted by Gasteiger charge is -2.19. The van der Waals surface area contributed by atoms with E-state index in [1.165, 1.54) is 18.2 Å². The first-order chi connectivity index (χ1) is 14.9. The molecule has 0 saturated heterocycles. The fourth-order valence-electron chi connectivity index (χ4n) is 3.37. The number of nitrogens with two attached hydrogens (primary N) is 2. The van der Waals surface area contributed by atoms with E-state index >= 15 is 0 Å². The molecule has 5 N–H and O–H groups in total. The molecule has 154 valence electrons. The van der Waals surface area contributed by atoms with E-state index in [-0.39, 0.29) is 45.6 Å². The van der Waals surface area contributed by atoms with Crippen molar-refractivity contribution in [1.82, 2.24) is 9.97 Å². The molecule has 2 aromatic heterocycles. The molecule has 2 aromatic carbocycles. The zero-order chi connectivity index (χ0) is 22.1. The van der Waals surface area contributed by atoms with Crippen molar-refractivity contribution in [1.29, 1.82) is 0 Å². The zero-order valence-electron chi connectivity index (χ0n) is 16.4. The molecular weight excluding hydrogens is 399 g/mol. The van der Waals surface area contributed by atoms with Crippen LogP contribution in [0.5, 0.6) is 0 Å². The van der Waals surface area contributed by atoms with Crippen LogP contribution in [0.25, 0.3) is 27.1 Å². The van der Waals surface area contributed by atoms with Crippen molar-refractivity contribution in [3.05, 3.63) is 81.6 Å². The highest BCUT2D eigenvalue weighted by molar-refractivity contribution is 5.82. The van der Waals surface area contributed by atoms with Crippen LogP contribution < -0.4 is 22.2 Å². The summed E-state index contributed by atoms with van der Waals surface area (Å²) in [7, 11) is 0. The Morgan fingerprint density at radius 3 is 2.58 bits per heavy atom. The molecule has 31 heavy (non-hydrogen) atoms. The molecule has 4 rings (SSSR count). The quantitative estimate of drug-likeness (QED) is 0.424. The Hall–Kier alpha value is -4.45. The minimum atomic E-state index is -0.687. The van der Waals surface area contributed by atoms with Crippen molar-refractivity contribution >= 4 is 34.2 Å². The number of rotatable bonds is 4. The van der Waals surface area contributed by atoms with Gasteiger partial charge in [-0.05, 0) is 19.1 Å². The molecule has 0 aliphatic rings. The van der Waals surface area contributed by atoms with Crippen LogP contribution in [0.2, 0.25) is 0 Å². The van der Waals surface area contributed by atoms with Gasteiger partial charge in [0.2, 0.25) is 5.95 Å². The van der Waals surface area contributed by atoms with Gasteiger partial charge in [-0.15, -0.1) is 0 Å². The Bertz CT molecular complexity index is 1400. The van der Waals surface area contributed by atoms with Crippen LogP contribution in [0, 0.1) is 12.4 Å². The first kappa shape index (κ1) is 19.8. The first-order valence-electron chi connectivity index (χ1n) is 9.28. The third-order valence-corrected chi connectivity index (χ3v) is 4.77. The highest BCUT2D eigenvalue weighted by Gasteiger charge is 2.24. The average Bonchev–Trinajstić information content (AvgIpc) is 2.74. The molecule has 0 bridgehead atoms. The normalized spacial score (nSPS) is 11.8. The largest absolute Gasteiger partial charge is 0.452 e. The predicted molar refractivity (Wildman–Crippen MR) is 117 cm³/mol. The Morgan fingerprint density at radius 2 is 1.87 bits per heavy atom. The third kappa shape index (κ3) is 3.51. The fraction of sp³-hybridized carbons (Fsp3) is 0.0909. The smallest absolute Gasteiger partial charge is 0.268 e. The maximum absolute atomic E-state index is 14.4. The second kappa shape index (κ2) is 7.76.